The van der Waals surface area contributed by atoms with Crippen molar-refractivity contribution in [2.75, 3.05) is 6.54 Å². The molecule has 0 radical (unpaired) electrons. The van der Waals surface area contributed by atoms with Crippen molar-refractivity contribution in [1.82, 2.24) is 5.32 Å². The van der Waals surface area contributed by atoms with Gasteiger partial charge >= 0.3 is 0 Å². The maximum Gasteiger partial charge on any atom is 0.275 e. The monoisotopic (exact) mass is 285 g/mol. The fourth-order valence-electron chi connectivity index (χ4n) is 2.96. The van der Waals surface area contributed by atoms with Crippen LogP contribution in [0.15, 0.2) is 47.1 Å². The molecule has 1 aromatic heterocycles. The average Bonchev–Trinajstić information content (AvgIpc) is 3.04. The summed E-state index contributed by atoms with van der Waals surface area (Å²) in [6.07, 6.45) is 5.12. The second kappa shape index (κ2) is 6.59. The van der Waals surface area contributed by atoms with Crippen LogP contribution in [0.5, 0.6) is 0 Å². The van der Waals surface area contributed by atoms with Crippen molar-refractivity contribution in [2.45, 2.75) is 31.8 Å². The van der Waals surface area contributed by atoms with Crippen LogP contribution in [0.1, 0.15) is 35.8 Å². The highest BCUT2D eigenvalue weighted by molar-refractivity contribution is 5.76. The molecule has 3 N–H and O–H groups in total. The maximum atomic E-state index is 11.9. The Morgan fingerprint density at radius 1 is 1.29 bits per heavy atom. The van der Waals surface area contributed by atoms with Gasteiger partial charge < -0.3 is 15.1 Å². The van der Waals surface area contributed by atoms with Gasteiger partial charge in [0.15, 0.2) is 6.54 Å². The predicted octanol–water partition coefficient (Wildman–Crippen LogP) is 1.54. The van der Waals surface area contributed by atoms with E-state index in [2.05, 4.69) is 34.9 Å². The molecule has 110 valence electrons. The van der Waals surface area contributed by atoms with Crippen LogP contribution in [0, 0.1) is 0 Å². The molecule has 1 atom stereocenters. The Morgan fingerprint density at radius 2 is 2.19 bits per heavy atom. The number of hydrogen-bond acceptors (Lipinski definition) is 2. The molecule has 4 nitrogen and oxygen atoms in total. The summed E-state index contributed by atoms with van der Waals surface area (Å²) in [5, 5.41) is 5.03. The summed E-state index contributed by atoms with van der Waals surface area (Å²) in [6.45, 7) is 0.917. The Bertz CT molecular complexity index is 593. The van der Waals surface area contributed by atoms with E-state index in [4.69, 9.17) is 4.42 Å². The third-order valence-corrected chi connectivity index (χ3v) is 4.04. The molecule has 1 aromatic carbocycles. The van der Waals surface area contributed by atoms with Gasteiger partial charge in [0.25, 0.3) is 5.91 Å². The molecule has 21 heavy (non-hydrogen) atoms. The van der Waals surface area contributed by atoms with Gasteiger partial charge in [0.05, 0.1) is 12.8 Å². The zero-order valence-electron chi connectivity index (χ0n) is 12.0. The zero-order chi connectivity index (χ0) is 14.5. The van der Waals surface area contributed by atoms with Gasteiger partial charge in [-0.05, 0) is 30.5 Å². The molecule has 4 heteroatoms. The Labute approximate surface area is 124 Å². The topological polar surface area (TPSA) is 58.9 Å². The summed E-state index contributed by atoms with van der Waals surface area (Å²) in [4.78, 5) is 11.9. The highest BCUT2D eigenvalue weighted by Gasteiger charge is 2.22. The summed E-state index contributed by atoms with van der Waals surface area (Å²) in [5.74, 6) is 0.834. The summed E-state index contributed by atoms with van der Waals surface area (Å²) in [6, 6.07) is 12.7. The van der Waals surface area contributed by atoms with Crippen molar-refractivity contribution in [2.24, 2.45) is 0 Å². The summed E-state index contributed by atoms with van der Waals surface area (Å²) < 4.78 is 5.20. The minimum absolute atomic E-state index is 0.0504. The first-order chi connectivity index (χ1) is 10.3. The normalized spacial score (nSPS) is 17.2. The van der Waals surface area contributed by atoms with Crippen LogP contribution in [0.2, 0.25) is 0 Å². The largest absolute Gasteiger partial charge is 0.467 e. The molecule has 0 spiro atoms. The van der Waals surface area contributed by atoms with Crippen molar-refractivity contribution in [1.29, 1.82) is 0 Å². The molecule has 0 saturated heterocycles. The van der Waals surface area contributed by atoms with Crippen LogP contribution < -0.4 is 10.6 Å². The number of furan rings is 1. The van der Waals surface area contributed by atoms with E-state index >= 15 is 0 Å². The smallest absolute Gasteiger partial charge is 0.275 e. The van der Waals surface area contributed by atoms with Crippen LogP contribution in [0.25, 0.3) is 0 Å². The number of carbonyl (C=O) groups excluding carboxylic acids is 1. The molecule has 0 unspecified atom stereocenters. The van der Waals surface area contributed by atoms with E-state index in [1.165, 1.54) is 17.5 Å². The third kappa shape index (κ3) is 3.52. The van der Waals surface area contributed by atoms with Gasteiger partial charge in [0.2, 0.25) is 0 Å². The van der Waals surface area contributed by atoms with Crippen LogP contribution in [0.4, 0.5) is 0 Å². The van der Waals surface area contributed by atoms with Gasteiger partial charge in [-0.15, -0.1) is 0 Å². The lowest BCUT2D eigenvalue weighted by Gasteiger charge is -2.23. The first kappa shape index (κ1) is 13.9. The van der Waals surface area contributed by atoms with Crippen molar-refractivity contribution in [3.05, 3.63) is 59.5 Å². The number of quaternary nitrogens is 1. The van der Waals surface area contributed by atoms with E-state index in [1.54, 1.807) is 6.26 Å². The van der Waals surface area contributed by atoms with Crippen LogP contribution >= 0.6 is 0 Å². The van der Waals surface area contributed by atoms with Crippen molar-refractivity contribution < 1.29 is 14.5 Å². The first-order valence-corrected chi connectivity index (χ1v) is 7.53. The third-order valence-electron chi connectivity index (χ3n) is 4.04. The molecule has 1 aliphatic carbocycles. The summed E-state index contributed by atoms with van der Waals surface area (Å²) in [7, 11) is 0. The van der Waals surface area contributed by atoms with Gasteiger partial charge in [-0.25, -0.2) is 0 Å². The van der Waals surface area contributed by atoms with Gasteiger partial charge in [0, 0.05) is 12.0 Å². The lowest BCUT2D eigenvalue weighted by Crippen LogP contribution is -2.87. The summed E-state index contributed by atoms with van der Waals surface area (Å²) in [5.41, 5.74) is 2.82. The van der Waals surface area contributed by atoms with E-state index in [0.29, 0.717) is 19.1 Å². The minimum atomic E-state index is 0.0504. The van der Waals surface area contributed by atoms with Crippen LogP contribution in [-0.4, -0.2) is 12.5 Å². The first-order valence-electron chi connectivity index (χ1n) is 7.53. The van der Waals surface area contributed by atoms with E-state index in [0.717, 1.165) is 18.6 Å². The Hall–Kier alpha value is -2.07. The average molecular weight is 285 g/mol. The van der Waals surface area contributed by atoms with Gasteiger partial charge in [-0.3, -0.25) is 4.79 Å². The molecule has 1 heterocycles. The minimum Gasteiger partial charge on any atom is -0.467 e. The number of aryl methyl sites for hydroxylation is 1. The standard InChI is InChI=1S/C17H20N2O2/c20-17(19-11-14-7-4-10-21-14)12-18-16-9-3-6-13-5-1-2-8-15(13)16/h1-2,4-5,7-8,10,16,18H,3,6,9,11-12H2,(H,19,20)/p+1/t16-/m1/s1. The van der Waals surface area contributed by atoms with Crippen molar-refractivity contribution in [3.8, 4) is 0 Å². The van der Waals surface area contributed by atoms with E-state index in [-0.39, 0.29) is 5.91 Å². The van der Waals surface area contributed by atoms with E-state index in [9.17, 15) is 4.79 Å². The Morgan fingerprint density at radius 3 is 3.05 bits per heavy atom. The number of fused-ring (bicyclic) bond motifs is 1. The number of rotatable bonds is 5. The number of nitrogens with one attached hydrogen (secondary N) is 1. The molecule has 0 saturated carbocycles. The molecule has 0 aliphatic heterocycles. The van der Waals surface area contributed by atoms with Crippen LogP contribution in [0.3, 0.4) is 0 Å². The Balaban J connectivity index is 1.50. The van der Waals surface area contributed by atoms with E-state index in [1.807, 2.05) is 12.1 Å². The van der Waals surface area contributed by atoms with Gasteiger partial charge in [0.1, 0.15) is 11.8 Å². The summed E-state index contributed by atoms with van der Waals surface area (Å²) >= 11 is 0. The molecule has 0 fully saturated rings. The maximum absolute atomic E-state index is 11.9. The predicted molar refractivity (Wildman–Crippen MR) is 79.5 cm³/mol. The van der Waals surface area contributed by atoms with Crippen molar-refractivity contribution in [3.63, 3.8) is 0 Å². The lowest BCUT2D eigenvalue weighted by atomic mass is 9.88. The van der Waals surface area contributed by atoms with Crippen molar-refractivity contribution >= 4 is 5.91 Å². The fraction of sp³-hybridized carbons (Fsp3) is 0.353. The highest BCUT2D eigenvalue weighted by Crippen LogP contribution is 2.26. The van der Waals surface area contributed by atoms with Gasteiger partial charge in [-0.2, -0.15) is 0 Å². The quantitative estimate of drug-likeness (QED) is 0.875. The molecular weight excluding hydrogens is 264 g/mol. The number of benzene rings is 1. The molecular formula is C17H21N2O2+. The van der Waals surface area contributed by atoms with E-state index < -0.39 is 0 Å². The fourth-order valence-corrected chi connectivity index (χ4v) is 2.96. The molecule has 2 aromatic rings. The second-order valence-electron chi connectivity index (χ2n) is 5.49. The molecule has 3 rings (SSSR count). The SMILES string of the molecule is O=C(C[NH2+][C@@H]1CCCc2ccccc21)NCc1ccco1. The lowest BCUT2D eigenvalue weighted by molar-refractivity contribution is -0.687. The van der Waals surface area contributed by atoms with Gasteiger partial charge in [-0.1, -0.05) is 24.3 Å². The number of hydrogen-bond donors (Lipinski definition) is 2. The highest BCUT2D eigenvalue weighted by atomic mass is 16.3. The van der Waals surface area contributed by atoms with Crippen LogP contribution in [-0.2, 0) is 17.8 Å². The molecule has 1 amide bonds. The second-order valence-corrected chi connectivity index (χ2v) is 5.49. The Kier molecular flexibility index (Phi) is 4.36. The molecule has 0 bridgehead atoms. The molecule has 1 aliphatic rings. The zero-order valence-corrected chi connectivity index (χ0v) is 12.0. The number of carbonyl (C=O) groups is 1. The number of nitrogens with two attached hydrogens (primary N) is 1. The number of amides is 1.